The molecule has 0 aliphatic rings. The molecule has 0 bridgehead atoms. The predicted molar refractivity (Wildman–Crippen MR) is 83.3 cm³/mol. The molecule has 2 aromatic carbocycles. The zero-order valence-corrected chi connectivity index (χ0v) is 12.6. The summed E-state index contributed by atoms with van der Waals surface area (Å²) >= 11 is 3.44. The number of para-hydroxylation sites is 1. The molecule has 0 N–H and O–H groups in total. The first kappa shape index (κ1) is 13.8. The standard InChI is InChI=1S/C16H16BrNO/c1-3-18(14-10-8-13(17)9-11-14)16-7-5-4-6-15(16)12(2)19/h4-11H,3H2,1-2H3. The largest absolute Gasteiger partial charge is 0.341 e. The van der Waals surface area contributed by atoms with Crippen molar-refractivity contribution >= 4 is 33.1 Å². The monoisotopic (exact) mass is 317 g/mol. The molecule has 0 spiro atoms. The number of hydrogen-bond donors (Lipinski definition) is 0. The molecule has 2 aromatic rings. The Morgan fingerprint density at radius 1 is 1.11 bits per heavy atom. The van der Waals surface area contributed by atoms with E-state index >= 15 is 0 Å². The van der Waals surface area contributed by atoms with Crippen LogP contribution in [-0.4, -0.2) is 12.3 Å². The van der Waals surface area contributed by atoms with E-state index in [-0.39, 0.29) is 5.78 Å². The lowest BCUT2D eigenvalue weighted by atomic mass is 10.1. The minimum absolute atomic E-state index is 0.0890. The van der Waals surface area contributed by atoms with Crippen molar-refractivity contribution in [1.82, 2.24) is 0 Å². The normalized spacial score (nSPS) is 10.3. The summed E-state index contributed by atoms with van der Waals surface area (Å²) < 4.78 is 1.05. The molecule has 0 aliphatic carbocycles. The van der Waals surface area contributed by atoms with Gasteiger partial charge in [-0.05, 0) is 50.2 Å². The summed E-state index contributed by atoms with van der Waals surface area (Å²) in [4.78, 5) is 13.9. The third-order valence-electron chi connectivity index (χ3n) is 3.03. The van der Waals surface area contributed by atoms with Gasteiger partial charge >= 0.3 is 0 Å². The Hall–Kier alpha value is -1.61. The van der Waals surface area contributed by atoms with Crippen molar-refractivity contribution in [1.29, 1.82) is 0 Å². The van der Waals surface area contributed by atoms with Crippen LogP contribution in [0.3, 0.4) is 0 Å². The van der Waals surface area contributed by atoms with Gasteiger partial charge in [-0.1, -0.05) is 28.1 Å². The fourth-order valence-electron chi connectivity index (χ4n) is 2.12. The molecule has 3 heteroatoms. The van der Waals surface area contributed by atoms with Gasteiger partial charge in [0.05, 0.1) is 5.69 Å². The molecule has 0 saturated heterocycles. The van der Waals surface area contributed by atoms with Gasteiger partial charge in [0, 0.05) is 22.3 Å². The van der Waals surface area contributed by atoms with Crippen LogP contribution < -0.4 is 4.90 Å². The molecule has 0 aliphatic heterocycles. The van der Waals surface area contributed by atoms with E-state index in [1.54, 1.807) is 6.92 Å². The molecule has 98 valence electrons. The third-order valence-corrected chi connectivity index (χ3v) is 3.56. The average molecular weight is 318 g/mol. The zero-order chi connectivity index (χ0) is 13.8. The van der Waals surface area contributed by atoms with Gasteiger partial charge in [0.2, 0.25) is 0 Å². The number of ketones is 1. The van der Waals surface area contributed by atoms with E-state index < -0.39 is 0 Å². The highest BCUT2D eigenvalue weighted by Gasteiger charge is 2.13. The number of halogens is 1. The van der Waals surface area contributed by atoms with Crippen LogP contribution in [0.4, 0.5) is 11.4 Å². The number of carbonyl (C=O) groups is 1. The van der Waals surface area contributed by atoms with Crippen molar-refractivity contribution in [3.05, 3.63) is 58.6 Å². The van der Waals surface area contributed by atoms with E-state index in [0.29, 0.717) is 0 Å². The minimum Gasteiger partial charge on any atom is -0.341 e. The zero-order valence-electron chi connectivity index (χ0n) is 11.1. The maximum Gasteiger partial charge on any atom is 0.161 e. The van der Waals surface area contributed by atoms with Crippen molar-refractivity contribution in [2.75, 3.05) is 11.4 Å². The van der Waals surface area contributed by atoms with Gasteiger partial charge in [-0.15, -0.1) is 0 Å². The molecular weight excluding hydrogens is 302 g/mol. The van der Waals surface area contributed by atoms with Gasteiger partial charge in [-0.2, -0.15) is 0 Å². The molecule has 0 fully saturated rings. The number of anilines is 2. The lowest BCUT2D eigenvalue weighted by Gasteiger charge is -2.25. The summed E-state index contributed by atoms with van der Waals surface area (Å²) in [6.45, 7) is 4.50. The van der Waals surface area contributed by atoms with E-state index in [1.807, 2.05) is 48.5 Å². The van der Waals surface area contributed by atoms with Gasteiger partial charge in [0.15, 0.2) is 5.78 Å². The lowest BCUT2D eigenvalue weighted by Crippen LogP contribution is -2.18. The minimum atomic E-state index is 0.0890. The average Bonchev–Trinajstić information content (AvgIpc) is 2.42. The fraction of sp³-hybridized carbons (Fsp3) is 0.188. The van der Waals surface area contributed by atoms with Crippen molar-refractivity contribution in [2.45, 2.75) is 13.8 Å². The summed E-state index contributed by atoms with van der Waals surface area (Å²) in [5.41, 5.74) is 2.80. The predicted octanol–water partition coefficient (Wildman–Crippen LogP) is 4.81. The van der Waals surface area contributed by atoms with Crippen LogP contribution in [0.5, 0.6) is 0 Å². The third kappa shape index (κ3) is 3.04. The SMILES string of the molecule is CCN(c1ccc(Br)cc1)c1ccccc1C(C)=O. The van der Waals surface area contributed by atoms with Crippen molar-refractivity contribution in [2.24, 2.45) is 0 Å². The van der Waals surface area contributed by atoms with Gasteiger partial charge in [0.25, 0.3) is 0 Å². The van der Waals surface area contributed by atoms with Crippen molar-refractivity contribution in [3.63, 3.8) is 0 Å². The first-order valence-corrected chi connectivity index (χ1v) is 7.06. The summed E-state index contributed by atoms with van der Waals surface area (Å²) in [5, 5.41) is 0. The first-order valence-electron chi connectivity index (χ1n) is 6.26. The maximum absolute atomic E-state index is 11.7. The molecular formula is C16H16BrNO. The van der Waals surface area contributed by atoms with E-state index in [2.05, 4.69) is 27.8 Å². The van der Waals surface area contributed by atoms with E-state index in [4.69, 9.17) is 0 Å². The van der Waals surface area contributed by atoms with Crippen LogP contribution in [0.25, 0.3) is 0 Å². The Morgan fingerprint density at radius 3 is 2.32 bits per heavy atom. The number of Topliss-reactive ketones (excluding diaryl/α,β-unsaturated/α-hetero) is 1. The van der Waals surface area contributed by atoms with Gasteiger partial charge in [0.1, 0.15) is 0 Å². The number of nitrogens with zero attached hydrogens (tertiary/aromatic N) is 1. The second kappa shape index (κ2) is 6.02. The number of benzene rings is 2. The molecule has 19 heavy (non-hydrogen) atoms. The Balaban J connectivity index is 2.48. The topological polar surface area (TPSA) is 20.3 Å². The molecule has 0 amide bonds. The number of rotatable bonds is 4. The summed E-state index contributed by atoms with van der Waals surface area (Å²) in [6.07, 6.45) is 0. The molecule has 0 heterocycles. The van der Waals surface area contributed by atoms with Gasteiger partial charge in [-0.3, -0.25) is 4.79 Å². The van der Waals surface area contributed by atoms with Gasteiger partial charge in [-0.25, -0.2) is 0 Å². The summed E-state index contributed by atoms with van der Waals surface area (Å²) in [7, 11) is 0. The smallest absolute Gasteiger partial charge is 0.161 e. The van der Waals surface area contributed by atoms with Crippen LogP contribution >= 0.6 is 15.9 Å². The quantitative estimate of drug-likeness (QED) is 0.754. The fourth-order valence-corrected chi connectivity index (χ4v) is 2.38. The van der Waals surface area contributed by atoms with Crippen LogP contribution in [0.1, 0.15) is 24.2 Å². The van der Waals surface area contributed by atoms with E-state index in [9.17, 15) is 4.79 Å². The molecule has 0 atom stereocenters. The molecule has 0 radical (unpaired) electrons. The molecule has 0 aromatic heterocycles. The molecule has 2 nitrogen and oxygen atoms in total. The second-order valence-corrected chi connectivity index (χ2v) is 5.21. The highest BCUT2D eigenvalue weighted by molar-refractivity contribution is 9.10. The Morgan fingerprint density at radius 2 is 1.74 bits per heavy atom. The molecule has 2 rings (SSSR count). The molecule has 0 saturated carbocycles. The Bertz CT molecular complexity index is 578. The second-order valence-electron chi connectivity index (χ2n) is 4.29. The van der Waals surface area contributed by atoms with Gasteiger partial charge < -0.3 is 4.90 Å². The van der Waals surface area contributed by atoms with Crippen molar-refractivity contribution in [3.8, 4) is 0 Å². The summed E-state index contributed by atoms with van der Waals surface area (Å²) in [6, 6.07) is 15.8. The van der Waals surface area contributed by atoms with Crippen LogP contribution in [0, 0.1) is 0 Å². The highest BCUT2D eigenvalue weighted by atomic mass is 79.9. The number of hydrogen-bond acceptors (Lipinski definition) is 2. The van der Waals surface area contributed by atoms with E-state index in [0.717, 1.165) is 28.0 Å². The Labute approximate surface area is 122 Å². The van der Waals surface area contributed by atoms with Crippen LogP contribution in [0.2, 0.25) is 0 Å². The lowest BCUT2D eigenvalue weighted by molar-refractivity contribution is 0.101. The highest BCUT2D eigenvalue weighted by Crippen LogP contribution is 2.29. The first-order chi connectivity index (χ1) is 9.13. The van der Waals surface area contributed by atoms with Crippen LogP contribution in [-0.2, 0) is 0 Å². The Kier molecular flexibility index (Phi) is 4.38. The maximum atomic E-state index is 11.7. The van der Waals surface area contributed by atoms with Crippen LogP contribution in [0.15, 0.2) is 53.0 Å². The molecule has 0 unspecified atom stereocenters. The van der Waals surface area contributed by atoms with Crippen molar-refractivity contribution < 1.29 is 4.79 Å². The van der Waals surface area contributed by atoms with E-state index in [1.165, 1.54) is 0 Å². The summed E-state index contributed by atoms with van der Waals surface area (Å²) in [5.74, 6) is 0.0890. The number of carbonyl (C=O) groups excluding carboxylic acids is 1.